The lowest BCUT2D eigenvalue weighted by Crippen LogP contribution is -1.89. The Morgan fingerprint density at radius 3 is 3.00 bits per heavy atom. The van der Waals surface area contributed by atoms with Crippen LogP contribution in [0.25, 0.3) is 10.9 Å². The minimum Gasteiger partial charge on any atom is -0.380 e. The molecule has 0 spiro atoms. The largest absolute Gasteiger partial charge is 0.380 e. The molecule has 4 heteroatoms. The van der Waals surface area contributed by atoms with E-state index in [1.165, 1.54) is 0 Å². The summed E-state index contributed by atoms with van der Waals surface area (Å²) in [5.74, 6) is 0. The predicted octanol–water partition coefficient (Wildman–Crippen LogP) is 2.48. The molecule has 0 fully saturated rings. The quantitative estimate of drug-likeness (QED) is 0.824. The van der Waals surface area contributed by atoms with E-state index in [2.05, 4.69) is 21.0 Å². The van der Waals surface area contributed by atoms with E-state index in [9.17, 15) is 0 Å². The summed E-state index contributed by atoms with van der Waals surface area (Å²) in [4.78, 5) is 0. The fraction of sp³-hybridized carbons (Fsp3) is 0.300. The molecule has 1 aromatic carbocycles. The Morgan fingerprint density at radius 1 is 1.50 bits per heavy atom. The Morgan fingerprint density at radius 2 is 2.29 bits per heavy atom. The van der Waals surface area contributed by atoms with Crippen molar-refractivity contribution < 1.29 is 4.74 Å². The molecule has 74 valence electrons. The molecule has 0 N–H and O–H groups in total. The first-order valence-corrected chi connectivity index (χ1v) is 5.11. The molecule has 0 saturated carbocycles. The number of methoxy groups -OCH3 is 1. The molecule has 0 aliphatic carbocycles. The van der Waals surface area contributed by atoms with Crippen LogP contribution in [0.4, 0.5) is 0 Å². The molecule has 2 rings (SSSR count). The summed E-state index contributed by atoms with van der Waals surface area (Å²) in [7, 11) is 3.62. The molecule has 0 saturated heterocycles. The van der Waals surface area contributed by atoms with Gasteiger partial charge in [0.25, 0.3) is 0 Å². The molecule has 3 nitrogen and oxygen atoms in total. The highest BCUT2D eigenvalue weighted by molar-refractivity contribution is 9.10. The van der Waals surface area contributed by atoms with Crippen molar-refractivity contribution in [2.45, 2.75) is 6.61 Å². The van der Waals surface area contributed by atoms with E-state index in [0.29, 0.717) is 6.61 Å². The van der Waals surface area contributed by atoms with E-state index >= 15 is 0 Å². The number of aromatic nitrogens is 2. The number of hydrogen-bond donors (Lipinski definition) is 0. The maximum atomic E-state index is 5.16. The third-order valence-corrected chi connectivity index (χ3v) is 2.89. The Labute approximate surface area is 90.8 Å². The average molecular weight is 255 g/mol. The van der Waals surface area contributed by atoms with Crippen LogP contribution in [-0.4, -0.2) is 16.9 Å². The van der Waals surface area contributed by atoms with Gasteiger partial charge < -0.3 is 4.74 Å². The number of nitrogens with zero attached hydrogens (tertiary/aromatic N) is 2. The van der Waals surface area contributed by atoms with Gasteiger partial charge in [0, 0.05) is 35.8 Å². The van der Waals surface area contributed by atoms with Crippen LogP contribution in [0.1, 0.15) is 5.56 Å². The normalized spacial score (nSPS) is 11.1. The molecule has 14 heavy (non-hydrogen) atoms. The zero-order valence-electron chi connectivity index (χ0n) is 8.12. The SMILES string of the molecule is COCc1c(Br)ccc2nn(C)cc12. The number of rotatable bonds is 2. The summed E-state index contributed by atoms with van der Waals surface area (Å²) in [5, 5.41) is 5.48. The van der Waals surface area contributed by atoms with E-state index in [1.54, 1.807) is 7.11 Å². The van der Waals surface area contributed by atoms with Crippen LogP contribution in [0.15, 0.2) is 22.8 Å². The number of aryl methyl sites for hydroxylation is 1. The smallest absolute Gasteiger partial charge is 0.0927 e. The first-order valence-electron chi connectivity index (χ1n) is 4.32. The average Bonchev–Trinajstić information content (AvgIpc) is 2.51. The Kier molecular flexibility index (Phi) is 2.56. The standard InChI is InChI=1S/C10H11BrN2O/c1-13-5-7-8(6-14-2)9(11)3-4-10(7)12-13/h3-5H,6H2,1-2H3. The molecule has 1 heterocycles. The molecular weight excluding hydrogens is 244 g/mol. The van der Waals surface area contributed by atoms with Gasteiger partial charge in [-0.3, -0.25) is 4.68 Å². The Bertz CT molecular complexity index is 464. The number of benzene rings is 1. The summed E-state index contributed by atoms with van der Waals surface area (Å²) in [6.45, 7) is 0.601. The molecule has 0 aliphatic heterocycles. The maximum Gasteiger partial charge on any atom is 0.0927 e. The molecule has 0 atom stereocenters. The first-order chi connectivity index (χ1) is 6.72. The second-order valence-corrected chi connectivity index (χ2v) is 4.05. The van der Waals surface area contributed by atoms with Gasteiger partial charge in [-0.15, -0.1) is 0 Å². The highest BCUT2D eigenvalue weighted by Gasteiger charge is 2.07. The highest BCUT2D eigenvalue weighted by Crippen LogP contribution is 2.26. The monoisotopic (exact) mass is 254 g/mol. The lowest BCUT2D eigenvalue weighted by molar-refractivity contribution is 0.185. The van der Waals surface area contributed by atoms with Gasteiger partial charge in [0.2, 0.25) is 0 Å². The van der Waals surface area contributed by atoms with Crippen LogP contribution >= 0.6 is 15.9 Å². The second-order valence-electron chi connectivity index (χ2n) is 3.19. The fourth-order valence-electron chi connectivity index (χ4n) is 1.53. The second kappa shape index (κ2) is 3.71. The van der Waals surface area contributed by atoms with Crippen LogP contribution < -0.4 is 0 Å². The minimum absolute atomic E-state index is 0.601. The van der Waals surface area contributed by atoms with Gasteiger partial charge in [0.05, 0.1) is 12.1 Å². The molecule has 0 aliphatic rings. The van der Waals surface area contributed by atoms with Crippen LogP contribution in [0.3, 0.4) is 0 Å². The van der Waals surface area contributed by atoms with Crippen molar-refractivity contribution in [2.75, 3.05) is 7.11 Å². The van der Waals surface area contributed by atoms with E-state index in [0.717, 1.165) is 20.9 Å². The van der Waals surface area contributed by atoms with Gasteiger partial charge in [0.15, 0.2) is 0 Å². The lowest BCUT2D eigenvalue weighted by atomic mass is 10.1. The van der Waals surface area contributed by atoms with Crippen LogP contribution in [0.2, 0.25) is 0 Å². The molecule has 0 bridgehead atoms. The van der Waals surface area contributed by atoms with Gasteiger partial charge in [-0.05, 0) is 12.1 Å². The van der Waals surface area contributed by atoms with Gasteiger partial charge in [-0.1, -0.05) is 15.9 Å². The first kappa shape index (κ1) is 9.68. The summed E-state index contributed by atoms with van der Waals surface area (Å²) in [6, 6.07) is 4.00. The van der Waals surface area contributed by atoms with Gasteiger partial charge in [-0.2, -0.15) is 5.10 Å². The zero-order valence-corrected chi connectivity index (χ0v) is 9.71. The number of ether oxygens (including phenoxy) is 1. The van der Waals surface area contributed by atoms with Crippen molar-refractivity contribution in [1.29, 1.82) is 0 Å². The van der Waals surface area contributed by atoms with E-state index < -0.39 is 0 Å². The van der Waals surface area contributed by atoms with Crippen molar-refractivity contribution in [3.8, 4) is 0 Å². The highest BCUT2D eigenvalue weighted by atomic mass is 79.9. The summed E-state index contributed by atoms with van der Waals surface area (Å²) in [5.41, 5.74) is 2.15. The van der Waals surface area contributed by atoms with Crippen molar-refractivity contribution >= 4 is 26.8 Å². The fourth-order valence-corrected chi connectivity index (χ4v) is 1.99. The van der Waals surface area contributed by atoms with Crippen molar-refractivity contribution in [1.82, 2.24) is 9.78 Å². The third kappa shape index (κ3) is 1.55. The Hall–Kier alpha value is -0.870. The minimum atomic E-state index is 0.601. The maximum absolute atomic E-state index is 5.16. The number of hydrogen-bond acceptors (Lipinski definition) is 2. The van der Waals surface area contributed by atoms with Crippen LogP contribution in [0, 0.1) is 0 Å². The molecule has 1 aromatic heterocycles. The van der Waals surface area contributed by atoms with E-state index in [1.807, 2.05) is 30.1 Å². The van der Waals surface area contributed by atoms with Crippen LogP contribution in [0.5, 0.6) is 0 Å². The summed E-state index contributed by atoms with van der Waals surface area (Å²) >= 11 is 3.51. The lowest BCUT2D eigenvalue weighted by Gasteiger charge is -2.03. The Balaban J connectivity index is 2.68. The summed E-state index contributed by atoms with van der Waals surface area (Å²) in [6.07, 6.45) is 2.01. The van der Waals surface area contributed by atoms with E-state index in [4.69, 9.17) is 4.74 Å². The van der Waals surface area contributed by atoms with Crippen LogP contribution in [-0.2, 0) is 18.4 Å². The van der Waals surface area contributed by atoms with Gasteiger partial charge in [0.1, 0.15) is 0 Å². The van der Waals surface area contributed by atoms with Gasteiger partial charge in [-0.25, -0.2) is 0 Å². The summed E-state index contributed by atoms with van der Waals surface area (Å²) < 4.78 is 8.04. The molecule has 0 unspecified atom stereocenters. The van der Waals surface area contributed by atoms with Crippen molar-refractivity contribution in [3.63, 3.8) is 0 Å². The topological polar surface area (TPSA) is 27.1 Å². The van der Waals surface area contributed by atoms with Crippen molar-refractivity contribution in [2.24, 2.45) is 7.05 Å². The van der Waals surface area contributed by atoms with E-state index in [-0.39, 0.29) is 0 Å². The number of fused-ring (bicyclic) bond motifs is 1. The third-order valence-electron chi connectivity index (χ3n) is 2.15. The van der Waals surface area contributed by atoms with Gasteiger partial charge >= 0.3 is 0 Å². The molecular formula is C10H11BrN2O. The zero-order chi connectivity index (χ0) is 10.1. The molecule has 2 aromatic rings. The predicted molar refractivity (Wildman–Crippen MR) is 59.1 cm³/mol. The molecule has 0 radical (unpaired) electrons. The number of halogens is 1. The molecule has 0 amide bonds. The van der Waals surface area contributed by atoms with Crippen molar-refractivity contribution in [3.05, 3.63) is 28.4 Å².